The molecular formula is C24H33N5O5. The molecule has 184 valence electrons. The van der Waals surface area contributed by atoms with Crippen molar-refractivity contribution >= 4 is 29.7 Å². The highest BCUT2D eigenvalue weighted by Crippen LogP contribution is 2.43. The van der Waals surface area contributed by atoms with Crippen molar-refractivity contribution in [2.24, 2.45) is 17.1 Å². The molecule has 1 spiro atoms. The summed E-state index contributed by atoms with van der Waals surface area (Å²) in [6.07, 6.45) is 2.87. The number of urea groups is 1. The van der Waals surface area contributed by atoms with Gasteiger partial charge in [0.1, 0.15) is 12.1 Å². The van der Waals surface area contributed by atoms with E-state index in [1.165, 1.54) is 0 Å². The van der Waals surface area contributed by atoms with Crippen LogP contribution in [0, 0.1) is 11.3 Å². The number of amides is 6. The average Bonchev–Trinajstić information content (AvgIpc) is 3.00. The van der Waals surface area contributed by atoms with Crippen LogP contribution in [0.1, 0.15) is 62.4 Å². The smallest absolute Gasteiger partial charge is 0.325 e. The zero-order valence-electron chi connectivity index (χ0n) is 19.9. The number of nitrogens with two attached hydrogens (primary N) is 1. The fraction of sp³-hybridized carbons (Fsp3) is 0.542. The number of carbonyl (C=O) groups excluding carboxylic acids is 5. The van der Waals surface area contributed by atoms with Gasteiger partial charge < -0.3 is 21.7 Å². The van der Waals surface area contributed by atoms with Crippen molar-refractivity contribution < 1.29 is 24.0 Å². The standard InChI is InChI=1S/C24H33N5O5/c1-23(2,3)17-8-10-24(11-9-17)21(33)29(22(34)28-24)14-19(31)26-12-15-4-6-16(7-5-15)20(32)27-13-18(25)30/h4-7,17H,8-14H2,1-3H3,(H2,25,30)(H,26,31)(H,27,32)(H,28,34). The van der Waals surface area contributed by atoms with Crippen LogP contribution in [0.15, 0.2) is 24.3 Å². The third kappa shape index (κ3) is 5.73. The SMILES string of the molecule is CC(C)(C)C1CCC2(CC1)NC(=O)N(CC(=O)NCc1ccc(C(=O)NCC(N)=O)cc1)C2=O. The average molecular weight is 472 g/mol. The van der Waals surface area contributed by atoms with Gasteiger partial charge >= 0.3 is 6.03 Å². The predicted octanol–water partition coefficient (Wildman–Crippen LogP) is 1.04. The second-order valence-electron chi connectivity index (χ2n) is 10.2. The Balaban J connectivity index is 1.50. The molecule has 1 aliphatic carbocycles. The first-order chi connectivity index (χ1) is 15.9. The van der Waals surface area contributed by atoms with E-state index in [0.29, 0.717) is 24.3 Å². The second-order valence-corrected chi connectivity index (χ2v) is 10.2. The minimum Gasteiger partial charge on any atom is -0.368 e. The number of nitrogens with one attached hydrogen (secondary N) is 3. The molecule has 1 heterocycles. The third-order valence-corrected chi connectivity index (χ3v) is 6.74. The lowest BCUT2D eigenvalue weighted by atomic mass is 9.67. The van der Waals surface area contributed by atoms with Crippen molar-refractivity contribution in [2.75, 3.05) is 13.1 Å². The van der Waals surface area contributed by atoms with Gasteiger partial charge in [-0.1, -0.05) is 32.9 Å². The molecule has 0 atom stereocenters. The molecule has 34 heavy (non-hydrogen) atoms. The largest absolute Gasteiger partial charge is 0.368 e. The fourth-order valence-corrected chi connectivity index (χ4v) is 4.58. The van der Waals surface area contributed by atoms with Gasteiger partial charge in [0.25, 0.3) is 11.8 Å². The van der Waals surface area contributed by atoms with Crippen molar-refractivity contribution in [2.45, 2.75) is 58.5 Å². The zero-order chi connectivity index (χ0) is 25.1. The lowest BCUT2D eigenvalue weighted by Crippen LogP contribution is -2.51. The third-order valence-electron chi connectivity index (χ3n) is 6.74. The van der Waals surface area contributed by atoms with Crippen molar-refractivity contribution in [3.05, 3.63) is 35.4 Å². The summed E-state index contributed by atoms with van der Waals surface area (Å²) in [5, 5.41) is 7.94. The van der Waals surface area contributed by atoms with Crippen molar-refractivity contribution in [1.29, 1.82) is 0 Å². The molecule has 1 aromatic carbocycles. The van der Waals surface area contributed by atoms with Gasteiger partial charge in [-0.2, -0.15) is 0 Å². The molecule has 10 nitrogen and oxygen atoms in total. The van der Waals surface area contributed by atoms with Gasteiger partial charge in [-0.05, 0) is 54.7 Å². The van der Waals surface area contributed by atoms with Gasteiger partial charge in [-0.3, -0.25) is 24.1 Å². The number of hydrogen-bond donors (Lipinski definition) is 4. The Morgan fingerprint density at radius 3 is 2.26 bits per heavy atom. The van der Waals surface area contributed by atoms with E-state index in [2.05, 4.69) is 36.7 Å². The van der Waals surface area contributed by atoms with E-state index in [4.69, 9.17) is 5.73 Å². The molecular weight excluding hydrogens is 438 g/mol. The molecule has 10 heteroatoms. The summed E-state index contributed by atoms with van der Waals surface area (Å²) < 4.78 is 0. The molecule has 0 aromatic heterocycles. The van der Waals surface area contributed by atoms with Gasteiger partial charge in [-0.25, -0.2) is 4.79 Å². The van der Waals surface area contributed by atoms with E-state index in [-0.39, 0.29) is 31.0 Å². The quantitative estimate of drug-likeness (QED) is 0.438. The van der Waals surface area contributed by atoms with Gasteiger partial charge in [0.05, 0.1) is 6.54 Å². The predicted molar refractivity (Wildman–Crippen MR) is 124 cm³/mol. The lowest BCUT2D eigenvalue weighted by molar-refractivity contribution is -0.136. The van der Waals surface area contributed by atoms with Crippen LogP contribution in [0.3, 0.4) is 0 Å². The number of nitrogens with zero attached hydrogens (tertiary/aromatic N) is 1. The Morgan fingerprint density at radius 1 is 1.09 bits per heavy atom. The summed E-state index contributed by atoms with van der Waals surface area (Å²) in [5.74, 6) is -1.36. The Bertz CT molecular complexity index is 974. The Labute approximate surface area is 199 Å². The maximum absolute atomic E-state index is 13.1. The fourth-order valence-electron chi connectivity index (χ4n) is 4.58. The number of carbonyl (C=O) groups is 5. The summed E-state index contributed by atoms with van der Waals surface area (Å²) in [6, 6.07) is 5.92. The van der Waals surface area contributed by atoms with Crippen LogP contribution < -0.4 is 21.7 Å². The molecule has 1 aliphatic heterocycles. The van der Waals surface area contributed by atoms with E-state index in [1.54, 1.807) is 24.3 Å². The zero-order valence-corrected chi connectivity index (χ0v) is 19.9. The van der Waals surface area contributed by atoms with E-state index in [9.17, 15) is 24.0 Å². The van der Waals surface area contributed by atoms with Gasteiger partial charge in [0, 0.05) is 12.1 Å². The van der Waals surface area contributed by atoms with Crippen LogP contribution in [-0.2, 0) is 20.9 Å². The van der Waals surface area contributed by atoms with Crippen molar-refractivity contribution in [1.82, 2.24) is 20.9 Å². The first-order valence-corrected chi connectivity index (χ1v) is 11.5. The summed E-state index contributed by atoms with van der Waals surface area (Å²) in [4.78, 5) is 61.7. The number of benzene rings is 1. The van der Waals surface area contributed by atoms with Gasteiger partial charge in [-0.15, -0.1) is 0 Å². The van der Waals surface area contributed by atoms with E-state index in [0.717, 1.165) is 23.3 Å². The minimum absolute atomic E-state index is 0.151. The minimum atomic E-state index is -0.899. The molecule has 1 saturated heterocycles. The maximum atomic E-state index is 13.1. The van der Waals surface area contributed by atoms with Gasteiger partial charge in [0.15, 0.2) is 0 Å². The topological polar surface area (TPSA) is 151 Å². The number of hydrogen-bond acceptors (Lipinski definition) is 5. The highest BCUT2D eigenvalue weighted by molar-refractivity contribution is 6.09. The van der Waals surface area contributed by atoms with Crippen LogP contribution in [0.4, 0.5) is 4.79 Å². The van der Waals surface area contributed by atoms with E-state index in [1.807, 2.05) is 0 Å². The molecule has 0 unspecified atom stereocenters. The molecule has 3 rings (SSSR count). The Hall–Kier alpha value is -3.43. The summed E-state index contributed by atoms with van der Waals surface area (Å²) in [5.41, 5.74) is 5.34. The molecule has 1 aromatic rings. The first kappa shape index (κ1) is 25.2. The van der Waals surface area contributed by atoms with Crippen LogP contribution in [0.25, 0.3) is 0 Å². The second kappa shape index (κ2) is 9.82. The number of rotatable bonds is 7. The molecule has 1 saturated carbocycles. The highest BCUT2D eigenvalue weighted by Gasteiger charge is 2.53. The van der Waals surface area contributed by atoms with Gasteiger partial charge in [0.2, 0.25) is 11.8 Å². The van der Waals surface area contributed by atoms with Crippen LogP contribution in [0.5, 0.6) is 0 Å². The van der Waals surface area contributed by atoms with Crippen LogP contribution >= 0.6 is 0 Å². The summed E-state index contributed by atoms with van der Waals surface area (Å²) in [6.45, 7) is 6.14. The van der Waals surface area contributed by atoms with Crippen molar-refractivity contribution in [3.8, 4) is 0 Å². The molecule has 0 bridgehead atoms. The van der Waals surface area contributed by atoms with E-state index < -0.39 is 29.3 Å². The Kier molecular flexibility index (Phi) is 7.28. The first-order valence-electron chi connectivity index (χ1n) is 11.5. The molecule has 5 N–H and O–H groups in total. The molecule has 6 amide bonds. The van der Waals surface area contributed by atoms with Crippen LogP contribution in [-0.4, -0.2) is 53.2 Å². The molecule has 2 aliphatic rings. The molecule has 2 fully saturated rings. The van der Waals surface area contributed by atoms with Crippen molar-refractivity contribution in [3.63, 3.8) is 0 Å². The molecule has 0 radical (unpaired) electrons. The normalized spacial score (nSPS) is 22.4. The lowest BCUT2D eigenvalue weighted by Gasteiger charge is -2.40. The monoisotopic (exact) mass is 471 g/mol. The Morgan fingerprint density at radius 2 is 1.71 bits per heavy atom. The summed E-state index contributed by atoms with van der Waals surface area (Å²) in [7, 11) is 0. The number of primary amides is 1. The number of imide groups is 1. The highest BCUT2D eigenvalue weighted by atomic mass is 16.2. The van der Waals surface area contributed by atoms with Crippen LogP contribution in [0.2, 0.25) is 0 Å². The van der Waals surface area contributed by atoms with E-state index >= 15 is 0 Å². The maximum Gasteiger partial charge on any atom is 0.325 e. The summed E-state index contributed by atoms with van der Waals surface area (Å²) >= 11 is 0.